The maximum atomic E-state index is 14.2. The van der Waals surface area contributed by atoms with Crippen molar-refractivity contribution < 1.29 is 38.6 Å². The summed E-state index contributed by atoms with van der Waals surface area (Å²) >= 11 is 0. The van der Waals surface area contributed by atoms with E-state index in [1.165, 1.54) is 0 Å². The molecular formula is C42H63N7O8. The van der Waals surface area contributed by atoms with E-state index in [1.807, 2.05) is 79.4 Å². The number of carbonyl (C=O) groups excluding carboxylic acids is 4. The fourth-order valence-corrected chi connectivity index (χ4v) is 7.47. The maximum Gasteiger partial charge on any atom is 0.317 e. The highest BCUT2D eigenvalue weighted by Crippen LogP contribution is 2.33. The molecule has 0 radical (unpaired) electrons. The van der Waals surface area contributed by atoms with E-state index < -0.39 is 47.9 Å². The molecule has 2 aromatic rings. The quantitative estimate of drug-likeness (QED) is 0.0745. The largest absolute Gasteiger partial charge is 0.480 e. The number of hydrogen-bond acceptors (Lipinski definition) is 10. The number of carboxylic acids is 1. The number of nitrogens with two attached hydrogens (primary N) is 1. The summed E-state index contributed by atoms with van der Waals surface area (Å²) in [6.07, 6.45) is 3.35. The van der Waals surface area contributed by atoms with Gasteiger partial charge in [0.2, 0.25) is 23.6 Å². The normalized spacial score (nSPS) is 18.5. The van der Waals surface area contributed by atoms with Crippen molar-refractivity contribution in [2.45, 2.75) is 95.0 Å². The molecule has 7 N–H and O–H groups in total. The van der Waals surface area contributed by atoms with Gasteiger partial charge in [-0.25, -0.2) is 0 Å². The summed E-state index contributed by atoms with van der Waals surface area (Å²) in [6, 6.07) is 14.7. The Bertz CT molecular complexity index is 1550. The van der Waals surface area contributed by atoms with E-state index in [0.29, 0.717) is 65.3 Å². The minimum atomic E-state index is -1.02. The molecule has 6 atom stereocenters. The number of nitrogens with one attached hydrogen (secondary N) is 4. The summed E-state index contributed by atoms with van der Waals surface area (Å²) in [6.45, 7) is 7.72. The number of amides is 4. The van der Waals surface area contributed by atoms with Gasteiger partial charge >= 0.3 is 5.97 Å². The first-order valence-corrected chi connectivity index (χ1v) is 20.2. The Labute approximate surface area is 336 Å². The van der Waals surface area contributed by atoms with Gasteiger partial charge in [-0.2, -0.15) is 0 Å². The number of likely N-dealkylation sites (tertiary alicyclic amines) is 2. The van der Waals surface area contributed by atoms with Crippen molar-refractivity contribution in [2.24, 2.45) is 11.7 Å². The third kappa shape index (κ3) is 15.1. The van der Waals surface area contributed by atoms with E-state index in [-0.39, 0.29) is 43.3 Å². The Morgan fingerprint density at radius 1 is 0.772 bits per heavy atom. The highest BCUT2D eigenvalue weighted by Gasteiger charge is 2.49. The first-order valence-electron chi connectivity index (χ1n) is 20.2. The number of hydrogen-bond donors (Lipinski definition) is 6. The lowest BCUT2D eigenvalue weighted by Crippen LogP contribution is -2.72. The Balaban J connectivity index is 1.44. The third-order valence-corrected chi connectivity index (χ3v) is 10.3. The van der Waals surface area contributed by atoms with Crippen molar-refractivity contribution in [3.63, 3.8) is 0 Å². The molecule has 2 aliphatic rings. The minimum absolute atomic E-state index is 0.0103. The average Bonchev–Trinajstić information content (AvgIpc) is 3.17. The first kappa shape index (κ1) is 45.3. The molecule has 314 valence electrons. The number of benzene rings is 2. The van der Waals surface area contributed by atoms with Crippen LogP contribution in [-0.4, -0.2) is 140 Å². The molecular weight excluding hydrogens is 731 g/mol. The zero-order chi connectivity index (χ0) is 41.2. The maximum absolute atomic E-state index is 14.2. The molecule has 0 saturated carbocycles. The van der Waals surface area contributed by atoms with Gasteiger partial charge in [0.15, 0.2) is 0 Å². The topological polar surface area (TPSA) is 205 Å². The van der Waals surface area contributed by atoms with Crippen molar-refractivity contribution in [3.8, 4) is 0 Å². The van der Waals surface area contributed by atoms with E-state index in [4.69, 9.17) is 15.2 Å². The summed E-state index contributed by atoms with van der Waals surface area (Å²) in [4.78, 5) is 70.8. The average molecular weight is 794 g/mol. The van der Waals surface area contributed by atoms with Gasteiger partial charge in [0, 0.05) is 45.2 Å². The predicted molar refractivity (Wildman–Crippen MR) is 216 cm³/mol. The number of aliphatic carboxylic acids is 1. The number of rotatable bonds is 26. The van der Waals surface area contributed by atoms with Crippen molar-refractivity contribution in [1.29, 1.82) is 0 Å². The second-order valence-corrected chi connectivity index (χ2v) is 15.5. The molecule has 2 saturated heterocycles. The molecule has 4 rings (SSSR count). The number of piperazine rings is 1. The molecule has 2 heterocycles. The molecule has 2 bridgehead atoms. The van der Waals surface area contributed by atoms with Crippen LogP contribution in [0.3, 0.4) is 0 Å². The van der Waals surface area contributed by atoms with Crippen LogP contribution in [0.25, 0.3) is 0 Å². The molecule has 0 aromatic heterocycles. The third-order valence-electron chi connectivity index (χ3n) is 10.3. The number of nitrogens with zero attached hydrogens (tertiary/aromatic N) is 2. The van der Waals surface area contributed by atoms with Crippen LogP contribution in [0.5, 0.6) is 0 Å². The summed E-state index contributed by atoms with van der Waals surface area (Å²) in [5.41, 5.74) is 8.01. The van der Waals surface area contributed by atoms with Gasteiger partial charge in [-0.05, 0) is 62.1 Å². The van der Waals surface area contributed by atoms with Crippen LogP contribution in [0.15, 0.2) is 60.7 Å². The number of piperidine rings is 1. The highest BCUT2D eigenvalue weighted by atomic mass is 16.5. The van der Waals surface area contributed by atoms with Crippen molar-refractivity contribution in [3.05, 3.63) is 71.8 Å². The molecule has 0 aliphatic carbocycles. The van der Waals surface area contributed by atoms with Crippen LogP contribution < -0.4 is 27.0 Å². The fraction of sp³-hybridized carbons (Fsp3) is 0.595. The van der Waals surface area contributed by atoms with Gasteiger partial charge < -0.3 is 46.5 Å². The van der Waals surface area contributed by atoms with Gasteiger partial charge in [-0.1, -0.05) is 74.5 Å². The van der Waals surface area contributed by atoms with E-state index in [9.17, 15) is 29.1 Å². The van der Waals surface area contributed by atoms with Gasteiger partial charge in [0.05, 0.1) is 32.4 Å². The molecule has 2 unspecified atom stereocenters. The Kier molecular flexibility index (Phi) is 18.9. The van der Waals surface area contributed by atoms with Crippen LogP contribution >= 0.6 is 0 Å². The van der Waals surface area contributed by atoms with E-state index in [2.05, 4.69) is 21.3 Å². The molecule has 57 heavy (non-hydrogen) atoms. The number of carbonyl (C=O) groups is 5. The second-order valence-electron chi connectivity index (χ2n) is 15.5. The number of unbranched alkanes of at least 4 members (excludes halogenated alkanes) is 1. The number of ether oxygens (including phenoxy) is 2. The predicted octanol–water partition coefficient (Wildman–Crippen LogP) is 1.09. The zero-order valence-corrected chi connectivity index (χ0v) is 33.7. The summed E-state index contributed by atoms with van der Waals surface area (Å²) in [7, 11) is 1.63. The van der Waals surface area contributed by atoms with E-state index >= 15 is 0 Å². The van der Waals surface area contributed by atoms with Crippen LogP contribution in [0.4, 0.5) is 0 Å². The second kappa shape index (κ2) is 23.7. The van der Waals surface area contributed by atoms with Crippen LogP contribution in [0.1, 0.15) is 57.1 Å². The SMILES string of the molecule is COCCOCCNCCCC[C@@H](NC(=O)[C@@H](CC(C)C)NC(=O)[C@@H](Cc1ccccc1)NC(=O)[C@H](N)Cc1ccccc1)C(=O)N1C2CC1CN(CC(=O)O)C2. The van der Waals surface area contributed by atoms with Crippen LogP contribution in [0.2, 0.25) is 0 Å². The molecule has 15 heteroatoms. The first-order chi connectivity index (χ1) is 27.4. The lowest BCUT2D eigenvalue weighted by Gasteiger charge is -2.56. The molecule has 0 spiro atoms. The standard InChI is InChI=1S/C42H63N7O8/c1-29(2)22-36(47-41(54)37(24-31-14-8-5-9-15-31)46-39(52)34(43)23-30-12-6-4-7-13-30)40(53)45-35(16-10-11-17-44-18-19-57-21-20-56-3)42(55)49-32-25-33(49)27-48(26-32)28-38(50)51/h4-9,12-15,29,32-37,44H,10-11,16-28,43H2,1-3H3,(H,45,53)(H,46,52)(H,47,54)(H,50,51)/t32?,33?,34-,35-,36-,37-/m1/s1. The van der Waals surface area contributed by atoms with E-state index in [1.54, 1.807) is 12.0 Å². The van der Waals surface area contributed by atoms with Gasteiger partial charge in [0.25, 0.3) is 0 Å². The van der Waals surface area contributed by atoms with Crippen LogP contribution in [0, 0.1) is 5.92 Å². The zero-order valence-electron chi connectivity index (χ0n) is 33.7. The number of fused-ring (bicyclic) bond motifs is 2. The summed E-state index contributed by atoms with van der Waals surface area (Å²) in [5.74, 6) is -2.60. The molecule has 15 nitrogen and oxygen atoms in total. The Hall–Kier alpha value is -4.41. The number of methoxy groups -OCH3 is 1. The monoisotopic (exact) mass is 793 g/mol. The Morgan fingerprint density at radius 3 is 1.98 bits per heavy atom. The molecule has 2 fully saturated rings. The smallest absolute Gasteiger partial charge is 0.317 e. The van der Waals surface area contributed by atoms with Crippen molar-refractivity contribution >= 4 is 29.6 Å². The molecule has 2 aliphatic heterocycles. The Morgan fingerprint density at radius 2 is 1.37 bits per heavy atom. The molecule has 4 amide bonds. The minimum Gasteiger partial charge on any atom is -0.480 e. The fourth-order valence-electron chi connectivity index (χ4n) is 7.47. The summed E-state index contributed by atoms with van der Waals surface area (Å²) in [5, 5.41) is 21.4. The summed E-state index contributed by atoms with van der Waals surface area (Å²) < 4.78 is 10.5. The van der Waals surface area contributed by atoms with Crippen molar-refractivity contribution in [1.82, 2.24) is 31.1 Å². The van der Waals surface area contributed by atoms with Crippen molar-refractivity contribution in [2.75, 3.05) is 59.7 Å². The number of carboxylic acid groups (broad SMARTS) is 1. The van der Waals surface area contributed by atoms with Gasteiger partial charge in [-0.3, -0.25) is 28.9 Å². The van der Waals surface area contributed by atoms with Gasteiger partial charge in [-0.15, -0.1) is 0 Å². The van der Waals surface area contributed by atoms with Crippen LogP contribution in [-0.2, 0) is 46.3 Å². The van der Waals surface area contributed by atoms with E-state index in [0.717, 1.165) is 24.0 Å². The lowest BCUT2D eigenvalue weighted by molar-refractivity contribution is -0.159. The highest BCUT2D eigenvalue weighted by molar-refractivity contribution is 5.95. The molecule has 2 aromatic carbocycles. The lowest BCUT2D eigenvalue weighted by atomic mass is 9.86. The van der Waals surface area contributed by atoms with Gasteiger partial charge in [0.1, 0.15) is 18.1 Å².